The minimum Gasteiger partial charge on any atom is -0.463 e. The summed E-state index contributed by atoms with van der Waals surface area (Å²) in [5.41, 5.74) is 9.30. The van der Waals surface area contributed by atoms with Gasteiger partial charge in [-0.05, 0) is 42.1 Å². The second kappa shape index (κ2) is 9.62. The van der Waals surface area contributed by atoms with Gasteiger partial charge in [-0.2, -0.15) is 0 Å². The number of anilines is 1. The Hall–Kier alpha value is -3.71. The highest BCUT2D eigenvalue weighted by Crippen LogP contribution is 2.38. The Bertz CT molecular complexity index is 1200. The van der Waals surface area contributed by atoms with Crippen LogP contribution >= 0.6 is 11.3 Å². The van der Waals surface area contributed by atoms with Gasteiger partial charge in [-0.3, -0.25) is 0 Å². The Morgan fingerprint density at radius 2 is 1.84 bits per heavy atom. The number of esters is 1. The smallest absolute Gasteiger partial charge is 0.352 e. The number of benzene rings is 2. The van der Waals surface area contributed by atoms with Gasteiger partial charge in [0.15, 0.2) is 0 Å². The second-order valence-electron chi connectivity index (χ2n) is 6.92. The number of ether oxygens (including phenoxy) is 2. The van der Waals surface area contributed by atoms with E-state index in [2.05, 4.69) is 4.98 Å². The van der Waals surface area contributed by atoms with Crippen molar-refractivity contribution in [3.8, 4) is 27.6 Å². The molecule has 0 amide bonds. The molecule has 4 aromatic rings. The average Bonchev–Trinajstić information content (AvgIpc) is 3.35. The molecular weight excluding hydrogens is 427 g/mol. The highest BCUT2D eigenvalue weighted by Gasteiger charge is 2.27. The molecule has 4 rings (SSSR count). The lowest BCUT2D eigenvalue weighted by Gasteiger charge is -2.20. The molecule has 0 aliphatic heterocycles. The lowest BCUT2D eigenvalue weighted by Crippen LogP contribution is -2.22. The molecule has 0 bridgehead atoms. The predicted molar refractivity (Wildman–Crippen MR) is 124 cm³/mol. The Morgan fingerprint density at radius 3 is 2.50 bits per heavy atom. The van der Waals surface area contributed by atoms with Crippen LogP contribution in [0.25, 0.3) is 21.7 Å². The van der Waals surface area contributed by atoms with Crippen molar-refractivity contribution in [1.82, 2.24) is 4.98 Å². The highest BCUT2D eigenvalue weighted by molar-refractivity contribution is 7.13. The first-order valence-corrected chi connectivity index (χ1v) is 10.9. The fourth-order valence-electron chi connectivity index (χ4n) is 3.25. The third-order valence-electron chi connectivity index (χ3n) is 4.78. The zero-order valence-electron chi connectivity index (χ0n) is 17.3. The van der Waals surface area contributed by atoms with Crippen molar-refractivity contribution in [3.63, 3.8) is 0 Å². The number of hydrogen-bond acceptors (Lipinski definition) is 6. The molecule has 2 N–H and O–H groups in total. The molecule has 5 nitrogen and oxygen atoms in total. The second-order valence-corrected chi connectivity index (χ2v) is 7.87. The molecule has 7 heteroatoms. The normalized spacial score (nSPS) is 11.7. The maximum Gasteiger partial charge on any atom is 0.352 e. The van der Waals surface area contributed by atoms with Crippen molar-refractivity contribution >= 4 is 23.0 Å². The van der Waals surface area contributed by atoms with Gasteiger partial charge in [-0.1, -0.05) is 48.5 Å². The average molecular weight is 449 g/mol. The van der Waals surface area contributed by atoms with Crippen LogP contribution in [0, 0.1) is 5.82 Å². The van der Waals surface area contributed by atoms with Crippen LogP contribution in [0.5, 0.6) is 5.88 Å². The minimum atomic E-state index is -1.04. The van der Waals surface area contributed by atoms with Crippen LogP contribution < -0.4 is 10.5 Å². The maximum atomic E-state index is 13.5. The molecule has 0 aliphatic carbocycles. The number of hydrogen-bond donors (Lipinski definition) is 1. The number of nitrogen functional groups attached to an aromatic ring is 1. The number of nitrogens with two attached hydrogens (primary N) is 1. The zero-order chi connectivity index (χ0) is 22.5. The number of rotatable bonds is 7. The zero-order valence-corrected chi connectivity index (χ0v) is 18.1. The van der Waals surface area contributed by atoms with E-state index < -0.39 is 12.1 Å². The Morgan fingerprint density at radius 1 is 1.09 bits per heavy atom. The van der Waals surface area contributed by atoms with Crippen LogP contribution in [-0.2, 0) is 9.53 Å². The number of carbonyl (C=O) groups is 1. The minimum absolute atomic E-state index is 0.108. The topological polar surface area (TPSA) is 74.4 Å². The van der Waals surface area contributed by atoms with E-state index in [1.165, 1.54) is 23.5 Å². The summed E-state index contributed by atoms with van der Waals surface area (Å²) in [6, 6.07) is 20.7. The first kappa shape index (κ1) is 21.5. The summed E-state index contributed by atoms with van der Waals surface area (Å²) in [4.78, 5) is 18.2. The van der Waals surface area contributed by atoms with Gasteiger partial charge in [0.1, 0.15) is 11.5 Å². The van der Waals surface area contributed by atoms with Gasteiger partial charge in [0.05, 0.1) is 17.2 Å². The monoisotopic (exact) mass is 448 g/mol. The van der Waals surface area contributed by atoms with E-state index in [1.54, 1.807) is 31.2 Å². The Labute approximate surface area is 189 Å². The SMILES string of the molecule is CCOC(=O)C(Oc1nc(-c2cccs2)cc(-c2ccc(F)cc2)c1N)c1ccccc1. The first-order valence-electron chi connectivity index (χ1n) is 10.1. The van der Waals surface area contributed by atoms with Gasteiger partial charge in [-0.25, -0.2) is 14.2 Å². The molecule has 1 unspecified atom stereocenters. The summed E-state index contributed by atoms with van der Waals surface area (Å²) in [7, 11) is 0. The van der Waals surface area contributed by atoms with E-state index >= 15 is 0 Å². The van der Waals surface area contributed by atoms with Crippen molar-refractivity contribution in [2.45, 2.75) is 13.0 Å². The molecule has 2 heterocycles. The van der Waals surface area contributed by atoms with E-state index in [4.69, 9.17) is 15.2 Å². The third kappa shape index (κ3) is 4.63. The first-order chi connectivity index (χ1) is 15.6. The van der Waals surface area contributed by atoms with Gasteiger partial charge in [0.2, 0.25) is 12.0 Å². The Kier molecular flexibility index (Phi) is 6.47. The summed E-state index contributed by atoms with van der Waals surface area (Å²) in [6.07, 6.45) is -1.04. The number of halogens is 1. The van der Waals surface area contributed by atoms with Crippen LogP contribution in [-0.4, -0.2) is 17.6 Å². The van der Waals surface area contributed by atoms with Crippen LogP contribution in [0.15, 0.2) is 78.2 Å². The molecule has 32 heavy (non-hydrogen) atoms. The molecule has 0 radical (unpaired) electrons. The molecule has 1 atom stereocenters. The summed E-state index contributed by atoms with van der Waals surface area (Å²) >= 11 is 1.52. The fourth-order valence-corrected chi connectivity index (χ4v) is 3.94. The standard InChI is InChI=1S/C25H21FN2O3S/c1-2-30-25(29)23(17-7-4-3-5-8-17)31-24-22(27)19(16-10-12-18(26)13-11-16)15-20(28-24)21-9-6-14-32-21/h3-15,23H,2,27H2,1H3. The van der Waals surface area contributed by atoms with E-state index in [9.17, 15) is 9.18 Å². The van der Waals surface area contributed by atoms with E-state index in [1.807, 2.05) is 41.8 Å². The lowest BCUT2D eigenvalue weighted by atomic mass is 10.0. The van der Waals surface area contributed by atoms with Gasteiger partial charge in [0, 0.05) is 11.1 Å². The largest absolute Gasteiger partial charge is 0.463 e. The van der Waals surface area contributed by atoms with E-state index in [0.29, 0.717) is 22.4 Å². The molecule has 2 aromatic carbocycles. The molecule has 162 valence electrons. The van der Waals surface area contributed by atoms with Crippen LogP contribution in [0.2, 0.25) is 0 Å². The number of carbonyl (C=O) groups excluding carboxylic acids is 1. The molecule has 0 aliphatic rings. The van der Waals surface area contributed by atoms with Crippen molar-refractivity contribution < 1.29 is 18.7 Å². The molecule has 0 spiro atoms. The van der Waals surface area contributed by atoms with Crippen molar-refractivity contribution in [1.29, 1.82) is 0 Å². The van der Waals surface area contributed by atoms with Crippen molar-refractivity contribution in [2.24, 2.45) is 0 Å². The van der Waals surface area contributed by atoms with E-state index in [-0.39, 0.29) is 24.0 Å². The highest BCUT2D eigenvalue weighted by atomic mass is 32.1. The number of nitrogens with zero attached hydrogens (tertiary/aromatic N) is 1. The van der Waals surface area contributed by atoms with Crippen LogP contribution in [0.3, 0.4) is 0 Å². The lowest BCUT2D eigenvalue weighted by molar-refractivity contribution is -0.151. The van der Waals surface area contributed by atoms with Gasteiger partial charge in [-0.15, -0.1) is 11.3 Å². The fraction of sp³-hybridized carbons (Fsp3) is 0.120. The van der Waals surface area contributed by atoms with Gasteiger partial charge < -0.3 is 15.2 Å². The molecule has 0 saturated carbocycles. The van der Waals surface area contributed by atoms with E-state index in [0.717, 1.165) is 4.88 Å². The quantitative estimate of drug-likeness (QED) is 0.357. The summed E-state index contributed by atoms with van der Waals surface area (Å²) in [5, 5.41) is 1.94. The van der Waals surface area contributed by atoms with Crippen LogP contribution in [0.1, 0.15) is 18.6 Å². The number of pyridine rings is 1. The molecular formula is C25H21FN2O3S. The summed E-state index contributed by atoms with van der Waals surface area (Å²) < 4.78 is 24.8. The molecule has 2 aromatic heterocycles. The summed E-state index contributed by atoms with van der Waals surface area (Å²) in [5.74, 6) is -0.773. The van der Waals surface area contributed by atoms with Crippen LogP contribution in [0.4, 0.5) is 10.1 Å². The number of aromatic nitrogens is 1. The predicted octanol–water partition coefficient (Wildman–Crippen LogP) is 5.88. The van der Waals surface area contributed by atoms with Crippen molar-refractivity contribution in [3.05, 3.63) is 89.6 Å². The number of thiophene rings is 1. The molecule has 0 fully saturated rings. The van der Waals surface area contributed by atoms with Crippen molar-refractivity contribution in [2.75, 3.05) is 12.3 Å². The Balaban J connectivity index is 1.82. The summed E-state index contributed by atoms with van der Waals surface area (Å²) in [6.45, 7) is 1.95. The molecule has 0 saturated heterocycles. The van der Waals surface area contributed by atoms with Gasteiger partial charge >= 0.3 is 5.97 Å². The van der Waals surface area contributed by atoms with Gasteiger partial charge in [0.25, 0.3) is 0 Å². The maximum absolute atomic E-state index is 13.5. The third-order valence-corrected chi connectivity index (χ3v) is 5.68.